The molecule has 0 radical (unpaired) electrons. The van der Waals surface area contributed by atoms with Crippen LogP contribution in [0.4, 0.5) is 0 Å². The number of benzene rings is 4. The standard InChI is InChI=1S/C38H45NO6Si/c1-6-42-46(43-7-2,44-8-3)29-36(40)41-28-35(30-20-12-9-13-21-30)45-39-37(4,31-22-14-10-15-23-31)33-26-18-19-27-34(33)38(39,5)32-24-16-11-17-25-32/h9-27,35H,6-8,28-29H2,1-5H3. The minimum atomic E-state index is -3.25. The average molecular weight is 640 g/mol. The first-order valence-corrected chi connectivity index (χ1v) is 18.1. The fraction of sp³-hybridized carbons (Fsp3) is 0.342. The number of ether oxygens (including phenoxy) is 1. The van der Waals surface area contributed by atoms with Gasteiger partial charge in [0.15, 0.2) is 0 Å². The van der Waals surface area contributed by atoms with E-state index in [1.807, 2.05) is 63.2 Å². The lowest BCUT2D eigenvalue weighted by atomic mass is 9.83. The van der Waals surface area contributed by atoms with Gasteiger partial charge in [-0.25, -0.2) is 0 Å². The Bertz CT molecular complexity index is 1470. The number of carbonyl (C=O) groups excluding carboxylic acids is 1. The SMILES string of the molecule is CCO[Si](CC(=O)OCC(ON1C(C)(c2ccccc2)c2ccccc2C1(C)c1ccccc1)c1ccccc1)(OCC)OCC. The molecule has 0 N–H and O–H groups in total. The molecule has 0 spiro atoms. The molecule has 4 aromatic carbocycles. The van der Waals surface area contributed by atoms with Gasteiger partial charge in [-0.2, -0.15) is 5.06 Å². The summed E-state index contributed by atoms with van der Waals surface area (Å²) in [6.45, 7) is 11.1. The molecular formula is C38H45NO6Si. The van der Waals surface area contributed by atoms with Gasteiger partial charge in [0.25, 0.3) is 0 Å². The summed E-state index contributed by atoms with van der Waals surface area (Å²) in [5, 5.41) is 2.11. The van der Waals surface area contributed by atoms with E-state index in [-0.39, 0.29) is 12.7 Å². The third-order valence-corrected chi connectivity index (χ3v) is 11.6. The molecule has 4 aromatic rings. The van der Waals surface area contributed by atoms with Gasteiger partial charge < -0.3 is 18.0 Å². The highest BCUT2D eigenvalue weighted by atomic mass is 28.4. The van der Waals surface area contributed by atoms with Crippen LogP contribution in [0.1, 0.15) is 68.5 Å². The van der Waals surface area contributed by atoms with E-state index in [0.29, 0.717) is 19.8 Å². The molecule has 0 saturated heterocycles. The molecule has 0 aliphatic carbocycles. The van der Waals surface area contributed by atoms with Gasteiger partial charge in [0.2, 0.25) is 0 Å². The Hall–Kier alpha value is -3.63. The van der Waals surface area contributed by atoms with E-state index in [1.54, 1.807) is 0 Å². The van der Waals surface area contributed by atoms with E-state index in [0.717, 1.165) is 27.8 Å². The van der Waals surface area contributed by atoms with Crippen LogP contribution in [-0.2, 0) is 38.7 Å². The molecule has 1 aliphatic heterocycles. The van der Waals surface area contributed by atoms with Crippen molar-refractivity contribution in [1.82, 2.24) is 5.06 Å². The molecule has 0 fully saturated rings. The van der Waals surface area contributed by atoms with Crippen molar-refractivity contribution in [3.05, 3.63) is 143 Å². The van der Waals surface area contributed by atoms with Crippen molar-refractivity contribution in [3.63, 3.8) is 0 Å². The third kappa shape index (κ3) is 6.60. The molecule has 5 rings (SSSR count). The van der Waals surface area contributed by atoms with Crippen molar-refractivity contribution in [2.24, 2.45) is 0 Å². The topological polar surface area (TPSA) is 66.5 Å². The van der Waals surface area contributed by atoms with Gasteiger partial charge in [-0.3, -0.25) is 9.63 Å². The normalized spacial score (nSPS) is 20.3. The molecule has 3 atom stereocenters. The molecule has 8 heteroatoms. The van der Waals surface area contributed by atoms with Gasteiger partial charge in [0.05, 0.1) is 11.1 Å². The first-order chi connectivity index (χ1) is 22.3. The summed E-state index contributed by atoms with van der Waals surface area (Å²) in [6.07, 6.45) is -0.618. The van der Waals surface area contributed by atoms with Crippen LogP contribution < -0.4 is 0 Å². The maximum atomic E-state index is 13.4. The van der Waals surface area contributed by atoms with E-state index in [2.05, 4.69) is 91.7 Å². The smallest absolute Gasteiger partial charge is 0.462 e. The van der Waals surface area contributed by atoms with Crippen LogP contribution in [0.5, 0.6) is 0 Å². The molecule has 0 bridgehead atoms. The summed E-state index contributed by atoms with van der Waals surface area (Å²) in [5.41, 5.74) is 4.01. The summed E-state index contributed by atoms with van der Waals surface area (Å²) in [7, 11) is -3.25. The van der Waals surface area contributed by atoms with Crippen molar-refractivity contribution >= 4 is 14.8 Å². The second-order valence-electron chi connectivity index (χ2n) is 11.6. The molecule has 242 valence electrons. The van der Waals surface area contributed by atoms with Gasteiger partial charge >= 0.3 is 14.8 Å². The molecule has 3 unspecified atom stereocenters. The maximum Gasteiger partial charge on any atom is 0.512 e. The van der Waals surface area contributed by atoms with Crippen molar-refractivity contribution in [1.29, 1.82) is 0 Å². The number of esters is 1. The molecule has 1 heterocycles. The van der Waals surface area contributed by atoms with Gasteiger partial charge in [-0.15, -0.1) is 0 Å². The van der Waals surface area contributed by atoms with Crippen molar-refractivity contribution in [2.45, 2.75) is 57.8 Å². The Morgan fingerprint density at radius 1 is 0.652 bits per heavy atom. The summed E-state index contributed by atoms with van der Waals surface area (Å²) >= 11 is 0. The van der Waals surface area contributed by atoms with Gasteiger partial charge in [-0.1, -0.05) is 115 Å². The molecule has 1 aliphatic rings. The highest BCUT2D eigenvalue weighted by molar-refractivity contribution is 6.64. The van der Waals surface area contributed by atoms with Gasteiger partial charge in [0.1, 0.15) is 18.8 Å². The largest absolute Gasteiger partial charge is 0.512 e. The average Bonchev–Trinajstić information content (AvgIpc) is 3.28. The lowest BCUT2D eigenvalue weighted by Crippen LogP contribution is -2.50. The minimum Gasteiger partial charge on any atom is -0.462 e. The Kier molecular flexibility index (Phi) is 10.9. The Morgan fingerprint density at radius 2 is 1.07 bits per heavy atom. The number of hydrogen-bond acceptors (Lipinski definition) is 7. The summed E-state index contributed by atoms with van der Waals surface area (Å²) < 4.78 is 23.8. The van der Waals surface area contributed by atoms with E-state index in [9.17, 15) is 4.79 Å². The lowest BCUT2D eigenvalue weighted by molar-refractivity contribution is -0.285. The van der Waals surface area contributed by atoms with Crippen molar-refractivity contribution < 1.29 is 27.6 Å². The molecule has 0 saturated carbocycles. The predicted molar refractivity (Wildman–Crippen MR) is 181 cm³/mol. The summed E-state index contributed by atoms with van der Waals surface area (Å²) in [6, 6.07) is 39.2. The number of fused-ring (bicyclic) bond motifs is 1. The number of carbonyl (C=O) groups is 1. The maximum absolute atomic E-state index is 13.4. The zero-order valence-electron chi connectivity index (χ0n) is 27.5. The summed E-state index contributed by atoms with van der Waals surface area (Å²) in [5.74, 6) is -0.451. The van der Waals surface area contributed by atoms with E-state index in [4.69, 9.17) is 22.9 Å². The molecule has 7 nitrogen and oxygen atoms in total. The Morgan fingerprint density at radius 3 is 1.50 bits per heavy atom. The van der Waals surface area contributed by atoms with Gasteiger partial charge in [-0.05, 0) is 62.4 Å². The second kappa shape index (κ2) is 14.9. The van der Waals surface area contributed by atoms with Crippen LogP contribution in [0.3, 0.4) is 0 Å². The van der Waals surface area contributed by atoms with Crippen LogP contribution in [0, 0.1) is 0 Å². The van der Waals surface area contributed by atoms with Crippen LogP contribution >= 0.6 is 0 Å². The monoisotopic (exact) mass is 639 g/mol. The lowest BCUT2D eigenvalue weighted by Gasteiger charge is -2.45. The Labute approximate surface area is 274 Å². The second-order valence-corrected chi connectivity index (χ2v) is 14.1. The summed E-state index contributed by atoms with van der Waals surface area (Å²) in [4.78, 5) is 20.7. The van der Waals surface area contributed by atoms with Gasteiger partial charge in [0, 0.05) is 19.8 Å². The number of nitrogens with zero attached hydrogens (tertiary/aromatic N) is 1. The third-order valence-electron chi connectivity index (χ3n) is 8.71. The molecule has 46 heavy (non-hydrogen) atoms. The van der Waals surface area contributed by atoms with E-state index in [1.165, 1.54) is 0 Å². The quantitative estimate of drug-likeness (QED) is 0.0972. The predicted octanol–water partition coefficient (Wildman–Crippen LogP) is 7.79. The number of rotatable bonds is 15. The first-order valence-electron chi connectivity index (χ1n) is 16.1. The van der Waals surface area contributed by atoms with Crippen LogP contribution in [0.2, 0.25) is 6.04 Å². The number of hydroxylamine groups is 2. The van der Waals surface area contributed by atoms with Crippen molar-refractivity contribution in [3.8, 4) is 0 Å². The zero-order valence-corrected chi connectivity index (χ0v) is 28.5. The fourth-order valence-corrected chi connectivity index (χ4v) is 8.93. The molecule has 0 amide bonds. The Balaban J connectivity index is 1.55. The first kappa shape index (κ1) is 33.7. The highest BCUT2D eigenvalue weighted by Gasteiger charge is 2.57. The fourth-order valence-electron chi connectivity index (χ4n) is 6.60. The van der Waals surface area contributed by atoms with E-state index < -0.39 is 32.0 Å². The highest BCUT2D eigenvalue weighted by Crippen LogP contribution is 2.56. The van der Waals surface area contributed by atoms with E-state index >= 15 is 0 Å². The van der Waals surface area contributed by atoms with Crippen molar-refractivity contribution in [2.75, 3.05) is 26.4 Å². The molecular weight excluding hydrogens is 595 g/mol. The van der Waals surface area contributed by atoms with Crippen LogP contribution in [0.25, 0.3) is 0 Å². The molecule has 0 aromatic heterocycles. The number of hydrogen-bond donors (Lipinski definition) is 0. The van der Waals surface area contributed by atoms with Crippen LogP contribution in [-0.4, -0.2) is 46.3 Å². The minimum absolute atomic E-state index is 0.0136. The van der Waals surface area contributed by atoms with Crippen LogP contribution in [0.15, 0.2) is 115 Å². The zero-order chi connectivity index (χ0) is 32.6.